The Morgan fingerprint density at radius 3 is 2.56 bits per heavy atom. The number of carbonyl (C=O) groups is 2. The van der Waals surface area contributed by atoms with E-state index in [1.807, 2.05) is 0 Å². The summed E-state index contributed by atoms with van der Waals surface area (Å²) in [7, 11) is 0. The van der Waals surface area contributed by atoms with E-state index < -0.39 is 5.91 Å². The van der Waals surface area contributed by atoms with Crippen LogP contribution in [-0.4, -0.2) is 22.6 Å². The number of hydrazone groups is 1. The molecule has 5 nitrogen and oxygen atoms in total. The summed E-state index contributed by atoms with van der Waals surface area (Å²) >= 11 is 1.16. The van der Waals surface area contributed by atoms with Gasteiger partial charge in [-0.3, -0.25) is 9.59 Å². The zero-order chi connectivity index (χ0) is 11.5. The summed E-state index contributed by atoms with van der Waals surface area (Å²) in [6.45, 7) is 0. The summed E-state index contributed by atoms with van der Waals surface area (Å²) in [5, 5.41) is 3.78. The zero-order valence-corrected chi connectivity index (χ0v) is 9.08. The van der Waals surface area contributed by atoms with Crippen LogP contribution in [0, 0.1) is 0 Å². The average Bonchev–Trinajstić information content (AvgIpc) is 2.30. The lowest BCUT2D eigenvalue weighted by Crippen LogP contribution is -2.23. The van der Waals surface area contributed by atoms with Crippen LogP contribution in [0.4, 0.5) is 4.79 Å². The molecule has 0 fully saturated rings. The van der Waals surface area contributed by atoms with Crippen molar-refractivity contribution in [1.29, 1.82) is 0 Å². The first-order chi connectivity index (χ1) is 7.66. The standard InChI is InChI=1S/C10H9N3O2S/c11-9(14)7-3-1-6(2-4-7)8-5-16-10(15)13-12-8/h1-4H,5H2,(H2,11,14)(H,13,15). The fourth-order valence-electron chi connectivity index (χ4n) is 1.29. The molecule has 1 heterocycles. The van der Waals surface area contributed by atoms with Crippen LogP contribution < -0.4 is 11.2 Å². The number of hydrogen-bond acceptors (Lipinski definition) is 4. The van der Waals surface area contributed by atoms with Crippen molar-refractivity contribution in [2.45, 2.75) is 0 Å². The van der Waals surface area contributed by atoms with Gasteiger partial charge in [-0.15, -0.1) is 0 Å². The van der Waals surface area contributed by atoms with Crippen LogP contribution in [0.1, 0.15) is 15.9 Å². The lowest BCUT2D eigenvalue weighted by Gasteiger charge is -2.11. The summed E-state index contributed by atoms with van der Waals surface area (Å²) in [5.41, 5.74) is 9.62. The Morgan fingerprint density at radius 2 is 2.06 bits per heavy atom. The number of benzene rings is 1. The van der Waals surface area contributed by atoms with Gasteiger partial charge in [-0.1, -0.05) is 23.9 Å². The van der Waals surface area contributed by atoms with Gasteiger partial charge in [-0.2, -0.15) is 5.10 Å². The maximum Gasteiger partial charge on any atom is 0.299 e. The highest BCUT2D eigenvalue weighted by Crippen LogP contribution is 2.13. The molecule has 1 aliphatic heterocycles. The Kier molecular flexibility index (Phi) is 2.91. The maximum absolute atomic E-state index is 10.9. The Morgan fingerprint density at radius 1 is 1.38 bits per heavy atom. The first-order valence-electron chi connectivity index (χ1n) is 4.56. The number of amides is 2. The second-order valence-electron chi connectivity index (χ2n) is 3.19. The minimum absolute atomic E-state index is 0.155. The molecule has 0 radical (unpaired) electrons. The van der Waals surface area contributed by atoms with E-state index in [0.717, 1.165) is 23.0 Å². The van der Waals surface area contributed by atoms with E-state index >= 15 is 0 Å². The van der Waals surface area contributed by atoms with Crippen LogP contribution in [0.5, 0.6) is 0 Å². The Hall–Kier alpha value is -1.82. The molecule has 2 amide bonds. The van der Waals surface area contributed by atoms with Crippen LogP contribution in [0.25, 0.3) is 0 Å². The highest BCUT2D eigenvalue weighted by atomic mass is 32.2. The molecule has 0 aliphatic carbocycles. The van der Waals surface area contributed by atoms with Gasteiger partial charge in [-0.05, 0) is 17.7 Å². The third kappa shape index (κ3) is 2.22. The van der Waals surface area contributed by atoms with E-state index in [9.17, 15) is 9.59 Å². The van der Waals surface area contributed by atoms with Crippen molar-refractivity contribution in [3.8, 4) is 0 Å². The fourth-order valence-corrected chi connectivity index (χ4v) is 1.90. The average molecular weight is 235 g/mol. The van der Waals surface area contributed by atoms with Gasteiger partial charge in [0.15, 0.2) is 0 Å². The lowest BCUT2D eigenvalue weighted by atomic mass is 10.1. The highest BCUT2D eigenvalue weighted by molar-refractivity contribution is 8.14. The third-order valence-electron chi connectivity index (χ3n) is 2.12. The van der Waals surface area contributed by atoms with Gasteiger partial charge in [0, 0.05) is 11.3 Å². The van der Waals surface area contributed by atoms with Crippen LogP contribution in [0.3, 0.4) is 0 Å². The van der Waals surface area contributed by atoms with Gasteiger partial charge in [-0.25, -0.2) is 5.43 Å². The molecule has 0 aromatic heterocycles. The molecule has 0 spiro atoms. The molecule has 1 aliphatic rings. The molecular formula is C10H9N3O2S. The summed E-state index contributed by atoms with van der Waals surface area (Å²) in [4.78, 5) is 21.7. The smallest absolute Gasteiger partial charge is 0.299 e. The summed E-state index contributed by atoms with van der Waals surface area (Å²) in [6.07, 6.45) is 0. The van der Waals surface area contributed by atoms with Crippen molar-refractivity contribution in [3.63, 3.8) is 0 Å². The second-order valence-corrected chi connectivity index (χ2v) is 4.14. The van der Waals surface area contributed by atoms with E-state index in [-0.39, 0.29) is 5.24 Å². The van der Waals surface area contributed by atoms with Crippen molar-refractivity contribution in [2.24, 2.45) is 10.8 Å². The first-order valence-corrected chi connectivity index (χ1v) is 5.55. The molecule has 6 heteroatoms. The predicted molar refractivity (Wildman–Crippen MR) is 62.5 cm³/mol. The van der Waals surface area contributed by atoms with Gasteiger partial charge >= 0.3 is 0 Å². The van der Waals surface area contributed by atoms with E-state index in [4.69, 9.17) is 5.73 Å². The number of thioether (sulfide) groups is 1. The third-order valence-corrected chi connectivity index (χ3v) is 2.90. The van der Waals surface area contributed by atoms with Crippen molar-refractivity contribution in [2.75, 3.05) is 5.75 Å². The zero-order valence-electron chi connectivity index (χ0n) is 8.27. The number of hydrogen-bond donors (Lipinski definition) is 2. The largest absolute Gasteiger partial charge is 0.366 e. The summed E-state index contributed by atoms with van der Waals surface area (Å²) in [5.74, 6) is 0.0710. The topological polar surface area (TPSA) is 84.6 Å². The SMILES string of the molecule is NC(=O)c1ccc(C2=NNC(=O)SC2)cc1. The lowest BCUT2D eigenvalue weighted by molar-refractivity contribution is 0.100. The molecule has 0 saturated heterocycles. The summed E-state index contributed by atoms with van der Waals surface area (Å²) < 4.78 is 0. The van der Waals surface area contributed by atoms with Crippen molar-refractivity contribution < 1.29 is 9.59 Å². The highest BCUT2D eigenvalue weighted by Gasteiger charge is 2.13. The van der Waals surface area contributed by atoms with Crippen molar-refractivity contribution >= 4 is 28.6 Å². The molecule has 0 atom stereocenters. The Labute approximate surface area is 96.1 Å². The Bertz CT molecular complexity index is 467. The molecule has 0 bridgehead atoms. The van der Waals surface area contributed by atoms with Gasteiger partial charge in [0.2, 0.25) is 5.91 Å². The van der Waals surface area contributed by atoms with Gasteiger partial charge in [0.25, 0.3) is 5.24 Å². The van der Waals surface area contributed by atoms with Crippen LogP contribution in [0.15, 0.2) is 29.4 Å². The van der Waals surface area contributed by atoms with E-state index in [2.05, 4.69) is 10.5 Å². The van der Waals surface area contributed by atoms with E-state index in [1.165, 1.54) is 0 Å². The molecular weight excluding hydrogens is 226 g/mol. The molecule has 1 aromatic rings. The van der Waals surface area contributed by atoms with Crippen LogP contribution in [0.2, 0.25) is 0 Å². The monoisotopic (exact) mass is 235 g/mol. The first kappa shape index (κ1) is 10.7. The number of rotatable bonds is 2. The van der Waals surface area contributed by atoms with Gasteiger partial charge in [0.1, 0.15) is 0 Å². The second kappa shape index (κ2) is 4.36. The number of carbonyl (C=O) groups excluding carboxylic acids is 2. The van der Waals surface area contributed by atoms with Gasteiger partial charge in [0.05, 0.1) is 5.71 Å². The van der Waals surface area contributed by atoms with E-state index in [0.29, 0.717) is 11.3 Å². The minimum Gasteiger partial charge on any atom is -0.366 e. The number of primary amides is 1. The molecule has 16 heavy (non-hydrogen) atoms. The van der Waals surface area contributed by atoms with Crippen LogP contribution >= 0.6 is 11.8 Å². The quantitative estimate of drug-likeness (QED) is 0.800. The fraction of sp³-hybridized carbons (Fsp3) is 0.100. The Balaban J connectivity index is 2.22. The van der Waals surface area contributed by atoms with E-state index in [1.54, 1.807) is 24.3 Å². The molecule has 2 rings (SSSR count). The number of nitrogens with two attached hydrogens (primary N) is 1. The number of nitrogens with zero attached hydrogens (tertiary/aromatic N) is 1. The maximum atomic E-state index is 10.9. The molecule has 0 unspecified atom stereocenters. The molecule has 82 valence electrons. The summed E-state index contributed by atoms with van der Waals surface area (Å²) in [6, 6.07) is 6.80. The molecule has 1 aromatic carbocycles. The normalized spacial score (nSPS) is 15.2. The number of nitrogens with one attached hydrogen (secondary N) is 1. The minimum atomic E-state index is -0.459. The van der Waals surface area contributed by atoms with Gasteiger partial charge < -0.3 is 5.73 Å². The van der Waals surface area contributed by atoms with Crippen molar-refractivity contribution in [3.05, 3.63) is 35.4 Å². The molecule has 0 saturated carbocycles. The predicted octanol–water partition coefficient (Wildman–Crippen LogP) is 0.946. The molecule has 3 N–H and O–H groups in total. The van der Waals surface area contributed by atoms with Crippen LogP contribution in [-0.2, 0) is 0 Å². The van der Waals surface area contributed by atoms with Crippen molar-refractivity contribution in [1.82, 2.24) is 5.43 Å².